The molecule has 0 atom stereocenters. The fraction of sp³-hybridized carbons (Fsp3) is 0.188. The van der Waals surface area contributed by atoms with Gasteiger partial charge in [0.2, 0.25) is 16.7 Å². The van der Waals surface area contributed by atoms with Crippen molar-refractivity contribution in [2.45, 2.75) is 38.5 Å². The molecule has 0 spiro atoms. The van der Waals surface area contributed by atoms with Gasteiger partial charge in [-0.1, -0.05) is 24.3 Å². The monoisotopic (exact) mass is 569 g/mol. The van der Waals surface area contributed by atoms with Crippen LogP contribution >= 0.6 is 0 Å². The fourth-order valence-corrected chi connectivity index (χ4v) is 4.95. The normalized spacial score (nSPS) is 10.8. The summed E-state index contributed by atoms with van der Waals surface area (Å²) < 4.78 is 0. The summed E-state index contributed by atoms with van der Waals surface area (Å²) in [6, 6.07) is 18.4. The van der Waals surface area contributed by atoms with E-state index in [-0.39, 0.29) is 55.8 Å². The first-order valence-corrected chi connectivity index (χ1v) is 12.7. The van der Waals surface area contributed by atoms with Crippen molar-refractivity contribution in [1.29, 1.82) is 42.2 Å². The first kappa shape index (κ1) is 30.0. The van der Waals surface area contributed by atoms with Crippen LogP contribution in [0.2, 0.25) is 0 Å². The molecule has 0 aliphatic rings. The molecule has 44 heavy (non-hydrogen) atoms. The van der Waals surface area contributed by atoms with Gasteiger partial charge in [-0.2, -0.15) is 36.8 Å². The Labute approximate surface area is 251 Å². The molecule has 0 fully saturated rings. The summed E-state index contributed by atoms with van der Waals surface area (Å²) in [6.45, 7) is 6.60. The highest BCUT2D eigenvalue weighted by Crippen LogP contribution is 2.48. The van der Waals surface area contributed by atoms with Gasteiger partial charge in [-0.25, -0.2) is 19.9 Å². The summed E-state index contributed by atoms with van der Waals surface area (Å²) in [5, 5.41) is 79.5. The minimum absolute atomic E-state index is 0.0320. The summed E-state index contributed by atoms with van der Waals surface area (Å²) in [6.07, 6.45) is 0. The topological polar surface area (TPSA) is 242 Å². The van der Waals surface area contributed by atoms with Crippen molar-refractivity contribution in [2.75, 3.05) is 0 Å². The van der Waals surface area contributed by atoms with Gasteiger partial charge in [-0.15, -0.1) is 0 Å². The number of fused-ring (bicyclic) bond motifs is 2. The van der Waals surface area contributed by atoms with E-state index in [1.54, 1.807) is 27.7 Å². The number of rotatable bonds is 5. The number of nitrogens with zero attached hydrogens (tertiary/aromatic N) is 11. The van der Waals surface area contributed by atoms with Crippen LogP contribution in [0.15, 0.2) is 24.3 Å². The summed E-state index contributed by atoms with van der Waals surface area (Å²) in [5.41, 5.74) is -3.61. The second-order valence-electron chi connectivity index (χ2n) is 9.66. The SMILES string of the molecule is Cc1nc2c([C](C#N)C#N)ccc(C(C#N)(C#N)C(C#N)(C#N)c3ccc(C(=C=N)C#N)c4nc(C)c(C)nc34)c2nc1C. The maximum atomic E-state index is 10.8. The van der Waals surface area contributed by atoms with Crippen molar-refractivity contribution < 1.29 is 0 Å². The minimum atomic E-state index is -2.58. The van der Waals surface area contributed by atoms with Crippen LogP contribution in [0.4, 0.5) is 0 Å². The molecule has 4 rings (SSSR count). The molecule has 1 radical (unpaired) electrons. The Kier molecular flexibility index (Phi) is 7.57. The Hall–Kier alpha value is -7.00. The van der Waals surface area contributed by atoms with E-state index in [2.05, 4.69) is 25.8 Å². The Morgan fingerprint density at radius 1 is 0.545 bits per heavy atom. The standard InChI is InChI=1S/C32H17N12/c1-17-19(3)43-29-25(7-5-23(27(29)41-17)21(9-33)10-34)31(13-37,14-38)32(15-39,16-40)26-8-6-24(22(11-35)12-36)28-30(26)44-20(4)18(2)42-28/h5-8,33H,1-4H3. The van der Waals surface area contributed by atoms with Crippen LogP contribution in [0, 0.1) is 118 Å². The third-order valence-electron chi connectivity index (χ3n) is 7.51. The van der Waals surface area contributed by atoms with Gasteiger partial charge in [0, 0.05) is 22.3 Å². The van der Waals surface area contributed by atoms with Crippen molar-refractivity contribution in [3.63, 3.8) is 0 Å². The molecule has 12 heteroatoms. The molecular formula is C32H17N12. The van der Waals surface area contributed by atoms with Crippen LogP contribution in [-0.4, -0.2) is 25.8 Å². The highest BCUT2D eigenvalue weighted by atomic mass is 14.8. The zero-order chi connectivity index (χ0) is 32.4. The van der Waals surface area contributed by atoms with Crippen LogP contribution < -0.4 is 0 Å². The molecule has 4 aromatic rings. The maximum Gasteiger partial charge on any atom is 0.206 e. The predicted octanol–water partition coefficient (Wildman–Crippen LogP) is 4.20. The first-order valence-electron chi connectivity index (χ1n) is 12.7. The Morgan fingerprint density at radius 3 is 1.25 bits per heavy atom. The highest BCUT2D eigenvalue weighted by Gasteiger charge is 2.59. The molecular weight excluding hydrogens is 552 g/mol. The van der Waals surface area contributed by atoms with Crippen molar-refractivity contribution in [3.8, 4) is 42.5 Å². The molecule has 0 bridgehead atoms. The zero-order valence-electron chi connectivity index (χ0n) is 23.7. The second-order valence-corrected chi connectivity index (χ2v) is 9.66. The molecule has 0 aliphatic heterocycles. The molecule has 12 nitrogen and oxygen atoms in total. The lowest BCUT2D eigenvalue weighted by Gasteiger charge is -2.33. The van der Waals surface area contributed by atoms with Gasteiger partial charge in [0.1, 0.15) is 11.6 Å². The number of aryl methyl sites for hydroxylation is 4. The van der Waals surface area contributed by atoms with Crippen LogP contribution in [-0.2, 0) is 10.8 Å². The number of aromatic nitrogens is 4. The molecule has 2 aromatic heterocycles. The minimum Gasteiger partial charge on any atom is -0.258 e. The molecule has 1 N–H and O–H groups in total. The summed E-state index contributed by atoms with van der Waals surface area (Å²) in [5.74, 6) is 1.76. The Bertz CT molecular complexity index is 2240. The lowest BCUT2D eigenvalue weighted by Crippen LogP contribution is -2.46. The average Bonchev–Trinajstić information content (AvgIpc) is 3.03. The summed E-state index contributed by atoms with van der Waals surface area (Å²) in [4.78, 5) is 18.2. The molecule has 2 aromatic carbocycles. The summed E-state index contributed by atoms with van der Waals surface area (Å²) >= 11 is 0. The van der Waals surface area contributed by atoms with Crippen LogP contribution in [0.3, 0.4) is 0 Å². The Balaban J connectivity index is 2.26. The molecule has 205 valence electrons. The predicted molar refractivity (Wildman–Crippen MR) is 154 cm³/mol. The molecule has 0 aliphatic carbocycles. The van der Waals surface area contributed by atoms with E-state index in [0.29, 0.717) is 22.8 Å². The van der Waals surface area contributed by atoms with Crippen LogP contribution in [0.1, 0.15) is 45.0 Å². The third kappa shape index (κ3) is 4.05. The molecule has 0 unspecified atom stereocenters. The number of nitrogens with one attached hydrogen (secondary N) is 1. The van der Waals surface area contributed by atoms with Gasteiger partial charge in [0.15, 0.2) is 0 Å². The van der Waals surface area contributed by atoms with E-state index in [0.717, 1.165) is 0 Å². The van der Waals surface area contributed by atoms with Crippen LogP contribution in [0.25, 0.3) is 27.6 Å². The molecule has 0 saturated heterocycles. The second kappa shape index (κ2) is 11.1. The number of nitriles is 7. The number of hydrogen-bond donors (Lipinski definition) is 1. The number of allylic oxidation sites excluding steroid dienone is 1. The van der Waals surface area contributed by atoms with E-state index in [4.69, 9.17) is 5.41 Å². The van der Waals surface area contributed by atoms with Crippen molar-refractivity contribution >= 4 is 33.5 Å². The van der Waals surface area contributed by atoms with Crippen molar-refractivity contribution in [2.24, 2.45) is 0 Å². The van der Waals surface area contributed by atoms with Gasteiger partial charge in [-0.3, -0.25) is 5.41 Å². The van der Waals surface area contributed by atoms with E-state index in [1.165, 1.54) is 24.3 Å². The largest absolute Gasteiger partial charge is 0.258 e. The quantitative estimate of drug-likeness (QED) is 0.263. The van der Waals surface area contributed by atoms with Crippen LogP contribution in [0.5, 0.6) is 0 Å². The fourth-order valence-electron chi connectivity index (χ4n) is 4.95. The smallest absolute Gasteiger partial charge is 0.206 e. The molecule has 0 amide bonds. The number of hydrogen-bond acceptors (Lipinski definition) is 12. The average molecular weight is 570 g/mol. The van der Waals surface area contributed by atoms with E-state index in [1.807, 2.05) is 42.5 Å². The van der Waals surface area contributed by atoms with Gasteiger partial charge in [-0.05, 0) is 33.6 Å². The van der Waals surface area contributed by atoms with Gasteiger partial charge >= 0.3 is 0 Å². The van der Waals surface area contributed by atoms with E-state index < -0.39 is 10.8 Å². The van der Waals surface area contributed by atoms with Gasteiger partial charge < -0.3 is 0 Å². The molecule has 2 heterocycles. The third-order valence-corrected chi connectivity index (χ3v) is 7.51. The Morgan fingerprint density at radius 2 is 0.909 bits per heavy atom. The van der Waals surface area contributed by atoms with Gasteiger partial charge in [0.05, 0.1) is 81.3 Å². The van der Waals surface area contributed by atoms with E-state index in [9.17, 15) is 36.8 Å². The number of benzene rings is 2. The van der Waals surface area contributed by atoms with Gasteiger partial charge in [0.25, 0.3) is 0 Å². The maximum absolute atomic E-state index is 10.8. The lowest BCUT2D eigenvalue weighted by atomic mass is 9.59. The molecule has 0 saturated carbocycles. The highest BCUT2D eigenvalue weighted by molar-refractivity contribution is 6.04. The van der Waals surface area contributed by atoms with E-state index >= 15 is 0 Å². The first-order chi connectivity index (χ1) is 21.1. The van der Waals surface area contributed by atoms with Crippen molar-refractivity contribution in [1.82, 2.24) is 19.9 Å². The summed E-state index contributed by atoms with van der Waals surface area (Å²) in [7, 11) is 0. The lowest BCUT2D eigenvalue weighted by molar-refractivity contribution is 0.529. The van der Waals surface area contributed by atoms with Crippen molar-refractivity contribution in [3.05, 3.63) is 75.2 Å². The zero-order valence-corrected chi connectivity index (χ0v) is 23.7.